The predicted molar refractivity (Wildman–Crippen MR) is 159 cm³/mol. The van der Waals surface area contributed by atoms with Crippen molar-refractivity contribution in [2.24, 2.45) is 10.9 Å². The van der Waals surface area contributed by atoms with Gasteiger partial charge in [-0.05, 0) is 5.57 Å². The number of aromatic hydroxyl groups is 1. The van der Waals surface area contributed by atoms with Gasteiger partial charge in [-0.2, -0.15) is 4.73 Å². The Balaban J connectivity index is 1.48. The van der Waals surface area contributed by atoms with Crippen LogP contribution in [-0.4, -0.2) is 88.7 Å². The number of β-lactam (4-membered cyclic amide) rings is 1. The number of carbonyl (C=O) groups is 4. The molecule has 3 atom stereocenters. The summed E-state index contributed by atoms with van der Waals surface area (Å²) in [5, 5.41) is 36.2. The van der Waals surface area contributed by atoms with E-state index in [0.29, 0.717) is 21.7 Å². The number of hydrogen-bond acceptors (Lipinski definition) is 16. The molecule has 3 amide bonds. The standard InChI is InChI=1S/C23H20N8O9S4/c1-40-29-12(9-2-10(32)11(33)3-30(9)39)18(35)28-14-19(36)31-15(21(37)38)7(4-41-22-13(17(24)34)26-6-43-22)16(44-20(14)31)8-5-42-23(25)27-8/h2-3,5-6,14,16,20,33,39H,4H2,1H3,(H2,24,34)(H2,25,27)(H,28,35)(H,37,38)/t14-,16?,20-/m1/s1. The molecule has 1 fully saturated rings. The van der Waals surface area contributed by atoms with Crippen molar-refractivity contribution in [2.75, 3.05) is 18.6 Å². The fourth-order valence-electron chi connectivity index (χ4n) is 4.37. The van der Waals surface area contributed by atoms with Crippen LogP contribution in [0, 0.1) is 0 Å². The normalized spacial score (nSPS) is 19.8. The summed E-state index contributed by atoms with van der Waals surface area (Å²) >= 11 is 4.54. The Labute approximate surface area is 262 Å². The maximum Gasteiger partial charge on any atom is 0.352 e. The van der Waals surface area contributed by atoms with E-state index in [1.54, 1.807) is 5.38 Å². The van der Waals surface area contributed by atoms with Crippen LogP contribution in [0.2, 0.25) is 0 Å². The second kappa shape index (κ2) is 12.2. The second-order valence-corrected chi connectivity index (χ2v) is 13.1. The number of oxime groups is 1. The maximum atomic E-state index is 13.4. The first-order valence-corrected chi connectivity index (χ1v) is 15.7. The number of hydrogen-bond donors (Lipinski definition) is 6. The number of anilines is 1. The summed E-state index contributed by atoms with van der Waals surface area (Å²) in [6, 6.07) is -0.530. The van der Waals surface area contributed by atoms with Crippen LogP contribution in [0.25, 0.3) is 0 Å². The highest BCUT2D eigenvalue weighted by atomic mass is 32.2. The number of nitrogen functional groups attached to an aromatic ring is 1. The van der Waals surface area contributed by atoms with E-state index >= 15 is 0 Å². The minimum Gasteiger partial charge on any atom is -0.503 e. The third-order valence-electron chi connectivity index (χ3n) is 6.26. The number of primary amides is 1. The summed E-state index contributed by atoms with van der Waals surface area (Å²) in [6.45, 7) is 0. The molecule has 5 rings (SSSR count). The van der Waals surface area contributed by atoms with E-state index in [0.717, 1.165) is 64.3 Å². The van der Waals surface area contributed by atoms with Crippen LogP contribution in [0.15, 0.2) is 48.6 Å². The minimum atomic E-state index is -1.41. The van der Waals surface area contributed by atoms with Crippen molar-refractivity contribution in [3.05, 3.63) is 61.7 Å². The van der Waals surface area contributed by atoms with Crippen LogP contribution in [0.1, 0.15) is 27.1 Å². The van der Waals surface area contributed by atoms with Gasteiger partial charge in [-0.15, -0.1) is 46.2 Å². The highest BCUT2D eigenvalue weighted by Crippen LogP contribution is 2.52. The van der Waals surface area contributed by atoms with E-state index in [-0.39, 0.29) is 27.0 Å². The number of carboxylic acids is 1. The average molecular weight is 681 g/mol. The van der Waals surface area contributed by atoms with Gasteiger partial charge < -0.3 is 37.0 Å². The smallest absolute Gasteiger partial charge is 0.352 e. The quantitative estimate of drug-likeness (QED) is 0.0542. The summed E-state index contributed by atoms with van der Waals surface area (Å²) < 4.78 is 0.739. The number of aliphatic carboxylic acids is 1. The second-order valence-electron chi connectivity index (χ2n) is 8.87. The predicted octanol–water partition coefficient (Wildman–Crippen LogP) is 0.00800. The average Bonchev–Trinajstić information content (AvgIpc) is 3.63. The number of fused-ring (bicyclic) bond motifs is 1. The van der Waals surface area contributed by atoms with Crippen LogP contribution >= 0.6 is 46.2 Å². The van der Waals surface area contributed by atoms with Crippen molar-refractivity contribution < 1.29 is 39.4 Å². The number of rotatable bonds is 10. The fourth-order valence-corrected chi connectivity index (χ4v) is 8.70. The van der Waals surface area contributed by atoms with Gasteiger partial charge in [-0.25, -0.2) is 14.8 Å². The Bertz CT molecular complexity index is 1820. The molecule has 44 heavy (non-hydrogen) atoms. The molecule has 3 aromatic rings. The maximum absolute atomic E-state index is 13.4. The molecule has 230 valence electrons. The summed E-state index contributed by atoms with van der Waals surface area (Å²) in [5.41, 5.74) is 11.1. The van der Waals surface area contributed by atoms with Crippen molar-refractivity contribution >= 4 is 80.7 Å². The Kier molecular flexibility index (Phi) is 8.54. The highest BCUT2D eigenvalue weighted by molar-refractivity contribution is 8.02. The summed E-state index contributed by atoms with van der Waals surface area (Å²) in [6.07, 6.45) is 0.648. The van der Waals surface area contributed by atoms with Gasteiger partial charge in [0.2, 0.25) is 5.43 Å². The fraction of sp³-hybridized carbons (Fsp3) is 0.217. The van der Waals surface area contributed by atoms with E-state index < -0.39 is 62.9 Å². The van der Waals surface area contributed by atoms with Crippen molar-refractivity contribution in [1.29, 1.82) is 0 Å². The van der Waals surface area contributed by atoms with E-state index in [2.05, 4.69) is 20.4 Å². The zero-order valence-electron chi connectivity index (χ0n) is 22.1. The molecule has 17 nitrogen and oxygen atoms in total. The number of aromatic nitrogens is 3. The van der Waals surface area contributed by atoms with Crippen LogP contribution in [0.5, 0.6) is 5.75 Å². The van der Waals surface area contributed by atoms with Crippen LogP contribution in [0.4, 0.5) is 5.13 Å². The molecule has 2 aliphatic heterocycles. The monoisotopic (exact) mass is 680 g/mol. The summed E-state index contributed by atoms with van der Waals surface area (Å²) in [7, 11) is 1.10. The first-order valence-electron chi connectivity index (χ1n) is 12.0. The molecular weight excluding hydrogens is 661 g/mol. The number of pyridine rings is 1. The van der Waals surface area contributed by atoms with E-state index in [9.17, 15) is 39.4 Å². The van der Waals surface area contributed by atoms with Gasteiger partial charge in [0.05, 0.1) is 26.9 Å². The number of thiazole rings is 2. The number of amides is 3. The lowest BCUT2D eigenvalue weighted by Crippen LogP contribution is -2.71. The van der Waals surface area contributed by atoms with Gasteiger partial charge in [-0.1, -0.05) is 5.16 Å². The van der Waals surface area contributed by atoms with Crippen molar-refractivity contribution in [2.45, 2.75) is 20.9 Å². The molecule has 8 N–H and O–H groups in total. The zero-order valence-corrected chi connectivity index (χ0v) is 25.3. The lowest BCUT2D eigenvalue weighted by Gasteiger charge is -2.51. The Morgan fingerprint density at radius 2 is 2.02 bits per heavy atom. The SMILES string of the molecule is CON=C(C(=O)N[C@@H]1C(=O)N2C(C(=O)O)=C(CSc3scnc3C(N)=O)C(c3csc(N)n3)S[C@H]12)c1cc(=O)c(O)cn1O. The van der Waals surface area contributed by atoms with Crippen LogP contribution in [0.3, 0.4) is 0 Å². The van der Waals surface area contributed by atoms with Crippen LogP contribution < -0.4 is 22.2 Å². The summed E-state index contributed by atoms with van der Waals surface area (Å²) in [4.78, 5) is 77.0. The first kappa shape index (κ1) is 30.8. The number of thioether (sulfide) groups is 2. The Morgan fingerprint density at radius 3 is 2.66 bits per heavy atom. The van der Waals surface area contributed by atoms with Crippen molar-refractivity contribution in [3.8, 4) is 5.75 Å². The van der Waals surface area contributed by atoms with Gasteiger partial charge in [0, 0.05) is 17.2 Å². The highest BCUT2D eigenvalue weighted by Gasteiger charge is 2.57. The molecule has 5 heterocycles. The van der Waals surface area contributed by atoms with E-state index in [1.165, 1.54) is 5.51 Å². The third kappa shape index (κ3) is 5.56. The van der Waals surface area contributed by atoms with Gasteiger partial charge >= 0.3 is 5.97 Å². The Hall–Kier alpha value is -4.60. The zero-order chi connectivity index (χ0) is 31.9. The molecule has 3 aromatic heterocycles. The topological polar surface area (TPSA) is 266 Å². The minimum absolute atomic E-state index is 0.0201. The number of carboxylic acid groups (broad SMARTS) is 1. The van der Waals surface area contributed by atoms with E-state index in [4.69, 9.17) is 16.3 Å². The number of nitrogens with one attached hydrogen (secondary N) is 1. The molecule has 0 radical (unpaired) electrons. The van der Waals surface area contributed by atoms with Crippen LogP contribution in [-0.2, 0) is 19.2 Å². The Morgan fingerprint density at radius 1 is 1.27 bits per heavy atom. The molecular formula is C23H20N8O9S4. The number of carbonyl (C=O) groups excluding carboxylic acids is 3. The summed E-state index contributed by atoms with van der Waals surface area (Å²) in [5.74, 6) is -4.74. The molecule has 0 bridgehead atoms. The molecule has 0 aromatic carbocycles. The molecule has 2 aliphatic rings. The lowest BCUT2D eigenvalue weighted by atomic mass is 10.00. The number of nitrogens with two attached hydrogens (primary N) is 2. The molecule has 0 spiro atoms. The van der Waals surface area contributed by atoms with Gasteiger partial charge in [-0.3, -0.25) is 24.1 Å². The van der Waals surface area contributed by atoms with Gasteiger partial charge in [0.1, 0.15) is 29.9 Å². The molecule has 0 saturated carbocycles. The van der Waals surface area contributed by atoms with Gasteiger partial charge in [0.15, 0.2) is 22.3 Å². The lowest BCUT2D eigenvalue weighted by molar-refractivity contribution is -0.150. The van der Waals surface area contributed by atoms with Crippen molar-refractivity contribution in [1.82, 2.24) is 24.9 Å². The molecule has 1 unspecified atom stereocenters. The number of nitrogens with zero attached hydrogens (tertiary/aromatic N) is 5. The van der Waals surface area contributed by atoms with E-state index in [1.807, 2.05) is 0 Å². The molecule has 21 heteroatoms. The largest absolute Gasteiger partial charge is 0.503 e. The first-order chi connectivity index (χ1) is 20.9. The third-order valence-corrected chi connectivity index (χ3v) is 10.7. The molecule has 1 saturated heterocycles. The molecule has 0 aliphatic carbocycles. The van der Waals surface area contributed by atoms with Gasteiger partial charge in [0.25, 0.3) is 17.7 Å². The van der Waals surface area contributed by atoms with Crippen molar-refractivity contribution in [3.63, 3.8) is 0 Å².